The Bertz CT molecular complexity index is 1000. The number of halogens is 2. The van der Waals surface area contributed by atoms with Gasteiger partial charge in [0.15, 0.2) is 0 Å². The molecule has 1 N–H and O–H groups in total. The van der Waals surface area contributed by atoms with Crippen molar-refractivity contribution in [3.8, 4) is 6.07 Å². The molecule has 1 aliphatic heterocycles. The van der Waals surface area contributed by atoms with Crippen LogP contribution < -0.4 is 5.32 Å². The number of hydrogen-bond acceptors (Lipinski definition) is 4. The highest BCUT2D eigenvalue weighted by Gasteiger charge is 2.47. The van der Waals surface area contributed by atoms with Gasteiger partial charge in [0, 0.05) is 24.4 Å². The molecule has 0 bridgehead atoms. The lowest BCUT2D eigenvalue weighted by Crippen LogP contribution is -2.43. The molecule has 30 heavy (non-hydrogen) atoms. The zero-order valence-corrected chi connectivity index (χ0v) is 16.1. The van der Waals surface area contributed by atoms with Gasteiger partial charge in [-0.1, -0.05) is 36.9 Å². The molecule has 1 atom stereocenters. The maximum absolute atomic E-state index is 13.5. The number of rotatable bonds is 6. The first-order valence-electron chi connectivity index (χ1n) is 9.32. The zero-order chi connectivity index (χ0) is 21.7. The van der Waals surface area contributed by atoms with Crippen molar-refractivity contribution in [3.05, 3.63) is 72.1 Å². The quantitative estimate of drug-likeness (QED) is 0.794. The fourth-order valence-electron chi connectivity index (χ4n) is 3.34. The minimum absolute atomic E-state index is 0.318. The lowest BCUT2D eigenvalue weighted by molar-refractivity contribution is -0.131. The summed E-state index contributed by atoms with van der Waals surface area (Å²) in [6, 6.07) is 11.5. The number of carbonyl (C=O) groups is 2. The van der Waals surface area contributed by atoms with E-state index < -0.39 is 43.3 Å². The van der Waals surface area contributed by atoms with Crippen LogP contribution in [0.3, 0.4) is 0 Å². The molecule has 2 aromatic rings. The second kappa shape index (κ2) is 8.82. The van der Waals surface area contributed by atoms with E-state index in [4.69, 9.17) is 5.26 Å². The molecule has 1 saturated heterocycles. The lowest BCUT2D eigenvalue weighted by Gasteiger charge is -2.19. The smallest absolute Gasteiger partial charge is 0.268 e. The van der Waals surface area contributed by atoms with Crippen LogP contribution in [0.4, 0.5) is 8.78 Å². The minimum Gasteiger partial charge on any atom is -0.343 e. The number of nitrogens with zero attached hydrogens (tertiary/aromatic N) is 3. The molecule has 2 heterocycles. The number of aromatic nitrogens is 1. The van der Waals surface area contributed by atoms with Crippen molar-refractivity contribution >= 4 is 17.4 Å². The van der Waals surface area contributed by atoms with Gasteiger partial charge >= 0.3 is 0 Å². The number of nitrogens with one attached hydrogen (secondary N) is 1. The van der Waals surface area contributed by atoms with Gasteiger partial charge in [0.05, 0.1) is 19.2 Å². The van der Waals surface area contributed by atoms with Crippen LogP contribution in [0.25, 0.3) is 5.57 Å². The van der Waals surface area contributed by atoms with Crippen LogP contribution >= 0.6 is 0 Å². The number of benzene rings is 1. The first-order valence-corrected chi connectivity index (χ1v) is 9.32. The van der Waals surface area contributed by atoms with E-state index in [2.05, 4.69) is 16.9 Å². The van der Waals surface area contributed by atoms with E-state index in [9.17, 15) is 18.4 Å². The van der Waals surface area contributed by atoms with Gasteiger partial charge in [-0.15, -0.1) is 0 Å². The number of likely N-dealkylation sites (tertiary alicyclic amines) is 1. The summed E-state index contributed by atoms with van der Waals surface area (Å²) in [5, 5.41) is 11.5. The molecule has 0 spiro atoms. The van der Waals surface area contributed by atoms with Gasteiger partial charge in [0.1, 0.15) is 6.04 Å². The second-order valence-corrected chi connectivity index (χ2v) is 7.09. The normalized spacial score (nSPS) is 17.2. The molecular weight excluding hydrogens is 390 g/mol. The highest BCUT2D eigenvalue weighted by Crippen LogP contribution is 2.31. The Hall–Kier alpha value is -3.60. The predicted molar refractivity (Wildman–Crippen MR) is 106 cm³/mol. The topological polar surface area (TPSA) is 86.1 Å². The van der Waals surface area contributed by atoms with Crippen LogP contribution in [0, 0.1) is 11.3 Å². The average molecular weight is 410 g/mol. The summed E-state index contributed by atoms with van der Waals surface area (Å²) in [7, 11) is 0. The van der Waals surface area contributed by atoms with Crippen molar-refractivity contribution in [3.63, 3.8) is 0 Å². The summed E-state index contributed by atoms with van der Waals surface area (Å²) < 4.78 is 27.0. The number of allylic oxidation sites excluding steroid dienone is 1. The summed E-state index contributed by atoms with van der Waals surface area (Å²) in [5.41, 5.74) is 2.67. The number of amides is 2. The standard InChI is InChI=1S/C22H20F2N4O2/c1-15(16-5-3-2-4-6-16)9-17-12-26-8-7-19(17)21(30)27-13-20(29)28-14-22(23,24)10-18(28)11-25/h2-8,12,18H,1,9-10,13-14H2,(H,27,30)/t18-/m0/s1. The van der Waals surface area contributed by atoms with E-state index in [1.807, 2.05) is 30.3 Å². The van der Waals surface area contributed by atoms with Crippen LogP contribution in [-0.2, 0) is 11.2 Å². The molecule has 3 rings (SSSR count). The Morgan fingerprint density at radius 2 is 2.03 bits per heavy atom. The van der Waals surface area contributed by atoms with Gasteiger partial charge in [-0.05, 0) is 29.2 Å². The molecule has 1 fully saturated rings. The Morgan fingerprint density at radius 1 is 1.30 bits per heavy atom. The van der Waals surface area contributed by atoms with E-state index in [0.717, 1.165) is 16.0 Å². The van der Waals surface area contributed by atoms with Gasteiger partial charge in [-0.3, -0.25) is 14.6 Å². The van der Waals surface area contributed by atoms with Crippen molar-refractivity contribution < 1.29 is 18.4 Å². The van der Waals surface area contributed by atoms with E-state index in [-0.39, 0.29) is 0 Å². The molecule has 0 saturated carbocycles. The van der Waals surface area contributed by atoms with Gasteiger partial charge in [0.25, 0.3) is 11.8 Å². The SMILES string of the molecule is C=C(Cc1cnccc1C(=O)NCC(=O)N1CC(F)(F)C[C@H]1C#N)c1ccccc1. The summed E-state index contributed by atoms with van der Waals surface area (Å²) in [4.78, 5) is 29.8. The molecule has 0 radical (unpaired) electrons. The molecule has 6 nitrogen and oxygen atoms in total. The lowest BCUT2D eigenvalue weighted by atomic mass is 9.97. The van der Waals surface area contributed by atoms with Crippen LogP contribution in [0.2, 0.25) is 0 Å². The van der Waals surface area contributed by atoms with Gasteiger partial charge in [-0.2, -0.15) is 5.26 Å². The van der Waals surface area contributed by atoms with Crippen molar-refractivity contribution in [1.82, 2.24) is 15.2 Å². The van der Waals surface area contributed by atoms with Crippen LogP contribution in [0.15, 0.2) is 55.4 Å². The Kier molecular flexibility index (Phi) is 6.21. The Labute approximate surface area is 172 Å². The molecule has 0 unspecified atom stereocenters. The molecule has 8 heteroatoms. The average Bonchev–Trinajstić information content (AvgIpc) is 3.07. The molecule has 2 amide bonds. The molecule has 154 valence electrons. The third-order valence-electron chi connectivity index (χ3n) is 4.87. The van der Waals surface area contributed by atoms with Crippen LogP contribution in [0.1, 0.15) is 27.9 Å². The van der Waals surface area contributed by atoms with Crippen molar-refractivity contribution in [1.29, 1.82) is 5.26 Å². The number of alkyl halides is 2. The summed E-state index contributed by atoms with van der Waals surface area (Å²) in [6.45, 7) is 2.76. The zero-order valence-electron chi connectivity index (χ0n) is 16.1. The molecule has 1 aliphatic rings. The largest absolute Gasteiger partial charge is 0.343 e. The fraction of sp³-hybridized carbons (Fsp3) is 0.273. The fourth-order valence-corrected chi connectivity index (χ4v) is 3.34. The van der Waals surface area contributed by atoms with Gasteiger partial charge in [0.2, 0.25) is 5.91 Å². The molecule has 1 aromatic carbocycles. The first-order chi connectivity index (χ1) is 14.3. The third kappa shape index (κ3) is 4.87. The number of pyridine rings is 1. The Balaban J connectivity index is 1.66. The maximum Gasteiger partial charge on any atom is 0.268 e. The predicted octanol–water partition coefficient (Wildman–Crippen LogP) is 2.83. The Morgan fingerprint density at radius 3 is 2.73 bits per heavy atom. The number of hydrogen-bond donors (Lipinski definition) is 1. The summed E-state index contributed by atoms with van der Waals surface area (Å²) in [5.74, 6) is -4.35. The summed E-state index contributed by atoms with van der Waals surface area (Å²) >= 11 is 0. The van der Waals surface area contributed by atoms with Crippen molar-refractivity contribution in [2.75, 3.05) is 13.1 Å². The molecule has 1 aromatic heterocycles. The highest BCUT2D eigenvalue weighted by molar-refractivity contribution is 5.98. The number of nitriles is 1. The monoisotopic (exact) mass is 410 g/mol. The van der Waals surface area contributed by atoms with E-state index in [1.165, 1.54) is 12.3 Å². The van der Waals surface area contributed by atoms with Gasteiger partial charge < -0.3 is 10.2 Å². The first kappa shape index (κ1) is 21.1. The van der Waals surface area contributed by atoms with Gasteiger partial charge in [-0.25, -0.2) is 8.78 Å². The minimum atomic E-state index is -3.10. The second-order valence-electron chi connectivity index (χ2n) is 7.09. The molecule has 0 aliphatic carbocycles. The van der Waals surface area contributed by atoms with Crippen molar-refractivity contribution in [2.24, 2.45) is 0 Å². The van der Waals surface area contributed by atoms with E-state index >= 15 is 0 Å². The van der Waals surface area contributed by atoms with E-state index in [1.54, 1.807) is 12.3 Å². The molecular formula is C22H20F2N4O2. The number of carbonyl (C=O) groups excluding carboxylic acids is 2. The highest BCUT2D eigenvalue weighted by atomic mass is 19.3. The van der Waals surface area contributed by atoms with E-state index in [0.29, 0.717) is 17.5 Å². The summed E-state index contributed by atoms with van der Waals surface area (Å²) in [6.07, 6.45) is 2.69. The van der Waals surface area contributed by atoms with Crippen LogP contribution in [-0.4, -0.2) is 46.8 Å². The third-order valence-corrected chi connectivity index (χ3v) is 4.87. The maximum atomic E-state index is 13.5. The van der Waals surface area contributed by atoms with Crippen LogP contribution in [0.5, 0.6) is 0 Å². The van der Waals surface area contributed by atoms with Crippen molar-refractivity contribution in [2.45, 2.75) is 24.8 Å².